The van der Waals surface area contributed by atoms with Gasteiger partial charge in [-0.05, 0) is 32.4 Å². The van der Waals surface area contributed by atoms with E-state index in [2.05, 4.69) is 20.0 Å². The van der Waals surface area contributed by atoms with Gasteiger partial charge in [0.1, 0.15) is 18.2 Å². The minimum absolute atomic E-state index is 0.0225. The molecule has 0 fully saturated rings. The quantitative estimate of drug-likeness (QED) is 0.297. The highest BCUT2D eigenvalue weighted by Crippen LogP contribution is 2.31. The van der Waals surface area contributed by atoms with Crippen LogP contribution in [-0.4, -0.2) is 41.0 Å². The molecule has 1 N–H and O–H groups in total. The number of aromatic nitrogens is 2. The number of aryl methyl sites for hydroxylation is 2. The zero-order valence-corrected chi connectivity index (χ0v) is 17.2. The van der Waals surface area contributed by atoms with Gasteiger partial charge < -0.3 is 14.5 Å². The average Bonchev–Trinajstić information content (AvgIpc) is 2.98. The Balaban J connectivity index is 1.72. The number of rotatable bonds is 8. The van der Waals surface area contributed by atoms with Crippen LogP contribution in [0, 0.1) is 13.8 Å². The molecule has 0 saturated carbocycles. The third-order valence-electron chi connectivity index (χ3n) is 4.21. The number of carbonyl (C=O) groups excluding carboxylic acids is 1. The Morgan fingerprint density at radius 2 is 1.93 bits per heavy atom. The van der Waals surface area contributed by atoms with E-state index in [0.717, 1.165) is 5.56 Å². The molecule has 1 amide bonds. The third kappa shape index (κ3) is 5.73. The van der Waals surface area contributed by atoms with Crippen LogP contribution < -0.4 is 5.32 Å². The summed E-state index contributed by atoms with van der Waals surface area (Å²) in [6, 6.07) is 8.73. The molecule has 0 atom stereocenters. The number of amides is 1. The monoisotopic (exact) mass is 439 g/mol. The van der Waals surface area contributed by atoms with Crippen LogP contribution in [0.1, 0.15) is 28.1 Å². The molecular weight excluding hydrogens is 419 g/mol. The molecule has 10 heteroatoms. The van der Waals surface area contributed by atoms with E-state index in [-0.39, 0.29) is 12.5 Å². The van der Waals surface area contributed by atoms with Crippen LogP contribution in [0.2, 0.25) is 0 Å². The third-order valence-corrected chi connectivity index (χ3v) is 5.14. The molecule has 0 aliphatic rings. The number of furan rings is 1. The van der Waals surface area contributed by atoms with E-state index in [1.54, 1.807) is 31.2 Å². The lowest BCUT2D eigenvalue weighted by atomic mass is 10.2. The van der Waals surface area contributed by atoms with Gasteiger partial charge in [-0.15, -0.1) is 0 Å². The van der Waals surface area contributed by atoms with Crippen LogP contribution in [0.25, 0.3) is 11.1 Å². The van der Waals surface area contributed by atoms with Crippen LogP contribution in [0.4, 0.5) is 19.0 Å². The average molecular weight is 439 g/mol. The van der Waals surface area contributed by atoms with Gasteiger partial charge in [0.25, 0.3) is 5.91 Å². The second kappa shape index (κ2) is 9.48. The fourth-order valence-corrected chi connectivity index (χ4v) is 3.41. The standard InChI is InChI=1S/C20H20F3N3O3S/c1-12-13(2)29-18-15(12)16(24-17(27)14-7-4-3-5-8-14)25-19(26-18)30-10-6-9-28-11-20(21,22)23/h3-5,7-8H,6,9-11H2,1-2H3,(H,24,25,26,27). The first kappa shape index (κ1) is 22.1. The molecular formula is C20H20F3N3O3S. The maximum atomic E-state index is 12.6. The molecule has 0 saturated heterocycles. The fourth-order valence-electron chi connectivity index (χ4n) is 2.67. The van der Waals surface area contributed by atoms with Gasteiger partial charge in [0.05, 0.1) is 5.39 Å². The summed E-state index contributed by atoms with van der Waals surface area (Å²) in [5.74, 6) is 1.13. The first-order valence-corrected chi connectivity index (χ1v) is 10.1. The molecule has 1 aromatic carbocycles. The molecule has 2 aromatic heterocycles. The largest absolute Gasteiger partial charge is 0.443 e. The summed E-state index contributed by atoms with van der Waals surface area (Å²) in [7, 11) is 0. The maximum Gasteiger partial charge on any atom is 0.411 e. The van der Waals surface area contributed by atoms with Gasteiger partial charge >= 0.3 is 6.18 Å². The minimum atomic E-state index is -4.33. The summed E-state index contributed by atoms with van der Waals surface area (Å²) in [6.07, 6.45) is -3.94. The van der Waals surface area contributed by atoms with Gasteiger partial charge in [0.2, 0.25) is 5.71 Å². The van der Waals surface area contributed by atoms with Gasteiger partial charge in [0.15, 0.2) is 5.16 Å². The number of nitrogens with one attached hydrogen (secondary N) is 1. The Morgan fingerprint density at radius 1 is 1.20 bits per heavy atom. The first-order chi connectivity index (χ1) is 14.2. The Morgan fingerprint density at radius 3 is 2.63 bits per heavy atom. The molecule has 3 rings (SSSR count). The zero-order chi connectivity index (χ0) is 21.7. The number of hydrogen-bond donors (Lipinski definition) is 1. The highest BCUT2D eigenvalue weighted by Gasteiger charge is 2.27. The predicted octanol–water partition coefficient (Wildman–Crippen LogP) is 5.15. The fraction of sp³-hybridized carbons (Fsp3) is 0.350. The highest BCUT2D eigenvalue weighted by atomic mass is 32.2. The van der Waals surface area contributed by atoms with Crippen molar-refractivity contribution in [2.24, 2.45) is 0 Å². The topological polar surface area (TPSA) is 77.2 Å². The van der Waals surface area contributed by atoms with E-state index in [9.17, 15) is 18.0 Å². The Kier molecular flexibility index (Phi) is 6.99. The number of anilines is 1. The number of hydrogen-bond acceptors (Lipinski definition) is 6. The Hall–Kier alpha value is -2.59. The molecule has 30 heavy (non-hydrogen) atoms. The van der Waals surface area contributed by atoms with Crippen molar-refractivity contribution in [1.29, 1.82) is 0 Å². The smallest absolute Gasteiger partial charge is 0.411 e. The Labute approximate surface area is 175 Å². The van der Waals surface area contributed by atoms with Crippen LogP contribution in [0.5, 0.6) is 0 Å². The van der Waals surface area contributed by atoms with Crippen molar-refractivity contribution in [2.45, 2.75) is 31.6 Å². The number of nitrogens with zero attached hydrogens (tertiary/aromatic N) is 2. The van der Waals surface area contributed by atoms with E-state index in [4.69, 9.17) is 4.42 Å². The minimum Gasteiger partial charge on any atom is -0.443 e. The normalized spacial score (nSPS) is 11.8. The van der Waals surface area contributed by atoms with E-state index in [0.29, 0.717) is 45.6 Å². The maximum absolute atomic E-state index is 12.6. The molecule has 0 aliphatic heterocycles. The number of carbonyl (C=O) groups is 1. The molecule has 0 unspecified atom stereocenters. The summed E-state index contributed by atoms with van der Waals surface area (Å²) >= 11 is 1.25. The molecule has 2 heterocycles. The van der Waals surface area contributed by atoms with Crippen molar-refractivity contribution in [3.63, 3.8) is 0 Å². The van der Waals surface area contributed by atoms with Gasteiger partial charge in [-0.25, -0.2) is 4.98 Å². The molecule has 0 aliphatic carbocycles. The number of thioether (sulfide) groups is 1. The highest BCUT2D eigenvalue weighted by molar-refractivity contribution is 7.99. The first-order valence-electron chi connectivity index (χ1n) is 9.16. The molecule has 0 radical (unpaired) electrons. The number of fused-ring (bicyclic) bond motifs is 1. The molecule has 0 spiro atoms. The van der Waals surface area contributed by atoms with E-state index >= 15 is 0 Å². The summed E-state index contributed by atoms with van der Waals surface area (Å²) in [4.78, 5) is 21.4. The lowest BCUT2D eigenvalue weighted by molar-refractivity contribution is -0.173. The summed E-state index contributed by atoms with van der Waals surface area (Å²) < 4.78 is 46.5. The summed E-state index contributed by atoms with van der Waals surface area (Å²) in [5.41, 5.74) is 1.66. The lowest BCUT2D eigenvalue weighted by Gasteiger charge is -2.09. The van der Waals surface area contributed by atoms with Crippen molar-refractivity contribution < 1.29 is 27.1 Å². The molecule has 6 nitrogen and oxygen atoms in total. The SMILES string of the molecule is Cc1oc2nc(SCCCOCC(F)(F)F)nc(NC(=O)c3ccccc3)c2c1C. The van der Waals surface area contributed by atoms with Crippen molar-refractivity contribution >= 4 is 34.6 Å². The van der Waals surface area contributed by atoms with Gasteiger partial charge in [0, 0.05) is 23.5 Å². The Bertz CT molecular complexity index is 1020. The molecule has 3 aromatic rings. The second-order valence-electron chi connectivity index (χ2n) is 6.51. The lowest BCUT2D eigenvalue weighted by Crippen LogP contribution is -2.17. The molecule has 0 bridgehead atoms. The van der Waals surface area contributed by atoms with Gasteiger partial charge in [-0.2, -0.15) is 18.2 Å². The molecule has 160 valence electrons. The van der Waals surface area contributed by atoms with E-state index < -0.39 is 12.8 Å². The zero-order valence-electron chi connectivity index (χ0n) is 16.4. The van der Waals surface area contributed by atoms with Crippen molar-refractivity contribution in [3.05, 3.63) is 47.2 Å². The van der Waals surface area contributed by atoms with E-state index in [1.807, 2.05) is 13.0 Å². The van der Waals surface area contributed by atoms with E-state index in [1.165, 1.54) is 11.8 Å². The van der Waals surface area contributed by atoms with Crippen LogP contribution in [0.3, 0.4) is 0 Å². The number of ether oxygens (including phenoxy) is 1. The number of alkyl halides is 3. The number of halogens is 3. The van der Waals surface area contributed by atoms with Gasteiger partial charge in [-0.1, -0.05) is 30.0 Å². The van der Waals surface area contributed by atoms with Crippen molar-refractivity contribution in [1.82, 2.24) is 9.97 Å². The number of benzene rings is 1. The van der Waals surface area contributed by atoms with Crippen LogP contribution >= 0.6 is 11.8 Å². The van der Waals surface area contributed by atoms with Crippen molar-refractivity contribution in [2.75, 3.05) is 24.3 Å². The predicted molar refractivity (Wildman–Crippen MR) is 108 cm³/mol. The van der Waals surface area contributed by atoms with Crippen LogP contribution in [0.15, 0.2) is 39.9 Å². The summed E-state index contributed by atoms with van der Waals surface area (Å²) in [6.45, 7) is 2.37. The van der Waals surface area contributed by atoms with Crippen molar-refractivity contribution in [3.8, 4) is 0 Å². The summed E-state index contributed by atoms with van der Waals surface area (Å²) in [5, 5.41) is 3.79. The van der Waals surface area contributed by atoms with Gasteiger partial charge in [-0.3, -0.25) is 4.79 Å². The van der Waals surface area contributed by atoms with Crippen LogP contribution in [-0.2, 0) is 4.74 Å². The second-order valence-corrected chi connectivity index (χ2v) is 7.57.